The highest BCUT2D eigenvalue weighted by atomic mass is 31.2. The van der Waals surface area contributed by atoms with Gasteiger partial charge in [-0.15, -0.1) is 6.42 Å². The first-order valence-electron chi connectivity index (χ1n) is 12.3. The highest BCUT2D eigenvalue weighted by Gasteiger charge is 2.40. The number of ether oxygens (including phenoxy) is 2. The highest BCUT2D eigenvalue weighted by Crippen LogP contribution is 2.46. The van der Waals surface area contributed by atoms with Crippen molar-refractivity contribution >= 4 is 13.7 Å². The normalized spacial score (nSPS) is 20.3. The lowest BCUT2D eigenvalue weighted by Crippen LogP contribution is -2.39. The van der Waals surface area contributed by atoms with Gasteiger partial charge in [0.1, 0.15) is 25.0 Å². The van der Waals surface area contributed by atoms with E-state index in [1.165, 1.54) is 25.3 Å². The van der Waals surface area contributed by atoms with Gasteiger partial charge >= 0.3 is 19.4 Å². The molecule has 4 atom stereocenters. The summed E-state index contributed by atoms with van der Waals surface area (Å²) in [6.45, 7) is 2.57. The van der Waals surface area contributed by atoms with Crippen molar-refractivity contribution in [3.8, 4) is 18.1 Å². The number of para-hydroxylation sites is 1. The summed E-state index contributed by atoms with van der Waals surface area (Å²) in [6.07, 6.45) is 9.13. The number of terminal acetylenes is 1. The van der Waals surface area contributed by atoms with Crippen LogP contribution in [0.5, 0.6) is 5.75 Å². The molecule has 40 heavy (non-hydrogen) atoms. The lowest BCUT2D eigenvalue weighted by molar-refractivity contribution is -0.146. The van der Waals surface area contributed by atoms with E-state index in [-0.39, 0.29) is 12.4 Å². The molecule has 0 unspecified atom stereocenters. The predicted octanol–water partition coefficient (Wildman–Crippen LogP) is 3.23. The van der Waals surface area contributed by atoms with Crippen LogP contribution in [0, 0.1) is 19.3 Å². The Balaban J connectivity index is 1.48. The third kappa shape index (κ3) is 7.05. The van der Waals surface area contributed by atoms with E-state index in [1.807, 2.05) is 30.3 Å². The number of hydrogen-bond donors (Lipinski definition) is 2. The average molecular weight is 566 g/mol. The molecule has 3 aromatic rings. The maximum absolute atomic E-state index is 13.9. The number of aromatic nitrogens is 2. The van der Waals surface area contributed by atoms with Gasteiger partial charge in [0, 0.05) is 11.8 Å². The molecule has 1 aromatic heterocycles. The monoisotopic (exact) mass is 565 g/mol. The first-order valence-corrected chi connectivity index (χ1v) is 13.8. The van der Waals surface area contributed by atoms with E-state index in [2.05, 4.69) is 16.0 Å². The first-order chi connectivity index (χ1) is 19.1. The summed E-state index contributed by atoms with van der Waals surface area (Å²) in [5.74, 6) is 1.99. The molecule has 0 saturated carbocycles. The molecule has 0 amide bonds. The summed E-state index contributed by atoms with van der Waals surface area (Å²) in [5.41, 5.74) is -1.67. The Morgan fingerprint density at radius 3 is 2.55 bits per heavy atom. The Morgan fingerprint density at radius 2 is 1.88 bits per heavy atom. The molecule has 2 N–H and O–H groups in total. The zero-order valence-corrected chi connectivity index (χ0v) is 22.7. The lowest BCUT2D eigenvalue weighted by atomic mass is 10.1. The van der Waals surface area contributed by atoms with Gasteiger partial charge in [-0.2, -0.15) is 5.09 Å². The van der Waals surface area contributed by atoms with Gasteiger partial charge in [-0.05, 0) is 43.7 Å². The SMILES string of the molecule is C#C[C@@]1(CO[P@](=O)(N[C@@H](C)C(=O)OCc2ccccc2)Oc2ccccc2)C=C[C@H](n2cc(C)c(=O)[nH]c2=O)O1. The quantitative estimate of drug-likeness (QED) is 0.155. The van der Waals surface area contributed by atoms with Crippen molar-refractivity contribution in [2.45, 2.75) is 38.3 Å². The van der Waals surface area contributed by atoms with Crippen LogP contribution in [0.1, 0.15) is 24.3 Å². The van der Waals surface area contributed by atoms with Gasteiger partial charge < -0.3 is 14.0 Å². The van der Waals surface area contributed by atoms with Gasteiger partial charge in [-0.3, -0.25) is 23.7 Å². The van der Waals surface area contributed by atoms with Gasteiger partial charge in [0.25, 0.3) is 5.56 Å². The van der Waals surface area contributed by atoms with Crippen LogP contribution in [0.15, 0.2) is 88.6 Å². The van der Waals surface area contributed by atoms with Crippen LogP contribution in [-0.4, -0.2) is 33.8 Å². The third-order valence-corrected chi connectivity index (χ3v) is 7.50. The Morgan fingerprint density at radius 1 is 1.20 bits per heavy atom. The molecule has 4 rings (SSSR count). The summed E-state index contributed by atoms with van der Waals surface area (Å²) in [6, 6.07) is 16.3. The van der Waals surface area contributed by atoms with E-state index in [0.717, 1.165) is 10.1 Å². The van der Waals surface area contributed by atoms with Gasteiger partial charge in [0.05, 0.1) is 0 Å². The minimum atomic E-state index is -4.25. The van der Waals surface area contributed by atoms with Gasteiger partial charge in [-0.25, -0.2) is 9.36 Å². The number of esters is 1. The number of benzene rings is 2. The summed E-state index contributed by atoms with van der Waals surface area (Å²) >= 11 is 0. The topological polar surface area (TPSA) is 138 Å². The van der Waals surface area contributed by atoms with Gasteiger partial charge in [0.2, 0.25) is 0 Å². The summed E-state index contributed by atoms with van der Waals surface area (Å²) in [7, 11) is -4.25. The van der Waals surface area contributed by atoms with Gasteiger partial charge in [-0.1, -0.05) is 54.5 Å². The molecule has 0 aliphatic carbocycles. The van der Waals surface area contributed by atoms with Crippen molar-refractivity contribution in [3.63, 3.8) is 0 Å². The number of nitrogens with one attached hydrogen (secondary N) is 2. The van der Waals surface area contributed by atoms with Crippen molar-refractivity contribution in [2.24, 2.45) is 0 Å². The van der Waals surface area contributed by atoms with Crippen molar-refractivity contribution in [1.29, 1.82) is 0 Å². The standard InChI is InChI=1S/C28H28N3O8P/c1-4-28(16-15-24(38-28)31-17-20(2)25(32)29-27(31)34)19-37-40(35,39-23-13-9-6-10-14-23)30-21(3)26(33)36-18-22-11-7-5-8-12-22/h1,5-17,21,24H,18-19H2,2-3H3,(H,30,35)(H,29,32,34)/t21-,24+,28-,40+/m0/s1. The summed E-state index contributed by atoms with van der Waals surface area (Å²) < 4.78 is 37.7. The minimum Gasteiger partial charge on any atom is -0.460 e. The van der Waals surface area contributed by atoms with Crippen LogP contribution in [0.4, 0.5) is 0 Å². The van der Waals surface area contributed by atoms with Crippen molar-refractivity contribution in [2.75, 3.05) is 6.61 Å². The van der Waals surface area contributed by atoms with E-state index >= 15 is 0 Å². The number of H-pyrrole nitrogens is 1. The van der Waals surface area contributed by atoms with Crippen LogP contribution in [0.25, 0.3) is 0 Å². The Kier molecular flexibility index (Phi) is 8.87. The smallest absolute Gasteiger partial charge is 0.459 e. The van der Waals surface area contributed by atoms with Crippen LogP contribution >= 0.6 is 7.75 Å². The molecule has 0 bridgehead atoms. The number of aryl methyl sites for hydroxylation is 1. The van der Waals surface area contributed by atoms with Crippen molar-refractivity contribution in [1.82, 2.24) is 14.6 Å². The highest BCUT2D eigenvalue weighted by molar-refractivity contribution is 7.52. The Bertz CT molecular complexity index is 1580. The Labute approximate surface area is 230 Å². The van der Waals surface area contributed by atoms with E-state index in [0.29, 0.717) is 5.56 Å². The fourth-order valence-electron chi connectivity index (χ4n) is 3.70. The zero-order valence-electron chi connectivity index (χ0n) is 21.8. The largest absolute Gasteiger partial charge is 0.460 e. The molecule has 2 aromatic carbocycles. The maximum atomic E-state index is 13.9. The van der Waals surface area contributed by atoms with E-state index in [9.17, 15) is 18.9 Å². The predicted molar refractivity (Wildman–Crippen MR) is 146 cm³/mol. The molecule has 2 heterocycles. The average Bonchev–Trinajstić information content (AvgIpc) is 3.38. The summed E-state index contributed by atoms with van der Waals surface area (Å²) in [4.78, 5) is 38.9. The number of carbonyl (C=O) groups is 1. The molecule has 0 saturated heterocycles. The van der Waals surface area contributed by atoms with Crippen molar-refractivity contribution < 1.29 is 27.9 Å². The Hall–Kier alpha value is -4.20. The molecule has 0 radical (unpaired) electrons. The maximum Gasteiger partial charge on any atom is 0.459 e. The zero-order chi connectivity index (χ0) is 28.8. The second-order valence-electron chi connectivity index (χ2n) is 9.00. The van der Waals surface area contributed by atoms with Crippen LogP contribution < -0.4 is 20.9 Å². The fraction of sp³-hybridized carbons (Fsp3) is 0.250. The fourth-order valence-corrected chi connectivity index (χ4v) is 5.22. The van der Waals surface area contributed by atoms with Crippen molar-refractivity contribution in [3.05, 3.63) is 111 Å². The van der Waals surface area contributed by atoms with E-state index in [4.69, 9.17) is 24.9 Å². The molecule has 1 aliphatic heterocycles. The van der Waals surface area contributed by atoms with E-state index in [1.54, 1.807) is 37.3 Å². The third-order valence-electron chi connectivity index (χ3n) is 5.87. The molecule has 1 aliphatic rings. The van der Waals surface area contributed by atoms with Crippen LogP contribution in [-0.2, 0) is 30.0 Å². The molecular formula is C28H28N3O8P. The van der Waals surface area contributed by atoms with Crippen LogP contribution in [0.3, 0.4) is 0 Å². The number of aromatic amines is 1. The molecule has 11 nitrogen and oxygen atoms in total. The lowest BCUT2D eigenvalue weighted by Gasteiger charge is -2.28. The number of nitrogens with zero attached hydrogens (tertiary/aromatic N) is 1. The number of carbonyl (C=O) groups excluding carboxylic acids is 1. The second-order valence-corrected chi connectivity index (χ2v) is 10.7. The summed E-state index contributed by atoms with van der Waals surface area (Å²) in [5, 5.41) is 2.60. The molecule has 0 fully saturated rings. The molecular weight excluding hydrogens is 537 g/mol. The molecule has 0 spiro atoms. The van der Waals surface area contributed by atoms with Crippen LogP contribution in [0.2, 0.25) is 0 Å². The molecule has 208 valence electrons. The van der Waals surface area contributed by atoms with E-state index < -0.39 is 49.4 Å². The second kappa shape index (κ2) is 12.3. The van der Waals surface area contributed by atoms with Gasteiger partial charge in [0.15, 0.2) is 11.8 Å². The number of hydrogen-bond acceptors (Lipinski definition) is 8. The number of rotatable bonds is 11. The minimum absolute atomic E-state index is 0.0280. The molecule has 12 heteroatoms. The first kappa shape index (κ1) is 28.8.